The summed E-state index contributed by atoms with van der Waals surface area (Å²) in [6.07, 6.45) is 0. The molecule has 1 aromatic rings. The van der Waals surface area contributed by atoms with E-state index in [9.17, 15) is 0 Å². The summed E-state index contributed by atoms with van der Waals surface area (Å²) in [6.45, 7) is 6.79. The number of thiophene rings is 1. The van der Waals surface area contributed by atoms with Gasteiger partial charge in [-0.2, -0.15) is 0 Å². The molecule has 2 rings (SSSR count). The molecule has 0 aliphatic carbocycles. The molecule has 4 heteroatoms. The monoisotopic (exact) mass is 274 g/mol. The first-order valence-corrected chi connectivity index (χ1v) is 6.55. The van der Waals surface area contributed by atoms with Crippen molar-refractivity contribution in [3.63, 3.8) is 0 Å². The van der Waals surface area contributed by atoms with Crippen LogP contribution in [-0.4, -0.2) is 30.6 Å². The van der Waals surface area contributed by atoms with Gasteiger partial charge in [0, 0.05) is 37.1 Å². The van der Waals surface area contributed by atoms with Crippen molar-refractivity contribution in [3.8, 4) is 0 Å². The van der Waals surface area contributed by atoms with E-state index in [2.05, 4.69) is 45.2 Å². The Hall–Kier alpha value is 0.1000. The zero-order valence-electron chi connectivity index (χ0n) is 8.29. The van der Waals surface area contributed by atoms with Crippen LogP contribution in [0, 0.1) is 0 Å². The summed E-state index contributed by atoms with van der Waals surface area (Å²) in [4.78, 5) is 3.99. The van der Waals surface area contributed by atoms with E-state index in [0.29, 0.717) is 6.04 Å². The van der Waals surface area contributed by atoms with Gasteiger partial charge in [0.15, 0.2) is 0 Å². The lowest BCUT2D eigenvalue weighted by molar-refractivity contribution is 0.167. The van der Waals surface area contributed by atoms with Crippen molar-refractivity contribution in [3.05, 3.63) is 20.8 Å². The van der Waals surface area contributed by atoms with Gasteiger partial charge >= 0.3 is 0 Å². The second-order valence-corrected chi connectivity index (χ2v) is 6.28. The van der Waals surface area contributed by atoms with E-state index < -0.39 is 0 Å². The van der Waals surface area contributed by atoms with Crippen LogP contribution < -0.4 is 5.32 Å². The van der Waals surface area contributed by atoms with Gasteiger partial charge in [-0.1, -0.05) is 0 Å². The molecule has 14 heavy (non-hydrogen) atoms. The first kappa shape index (κ1) is 10.6. The average Bonchev–Trinajstić information content (AvgIpc) is 2.56. The van der Waals surface area contributed by atoms with Crippen LogP contribution in [0.5, 0.6) is 0 Å². The van der Waals surface area contributed by atoms with E-state index in [1.165, 1.54) is 8.66 Å². The first-order chi connectivity index (χ1) is 6.75. The highest BCUT2D eigenvalue weighted by Crippen LogP contribution is 2.23. The summed E-state index contributed by atoms with van der Waals surface area (Å²) in [7, 11) is 0. The molecule has 1 fully saturated rings. The van der Waals surface area contributed by atoms with Crippen molar-refractivity contribution in [2.45, 2.75) is 19.5 Å². The van der Waals surface area contributed by atoms with E-state index in [1.54, 1.807) is 0 Å². The number of piperazine rings is 1. The smallest absolute Gasteiger partial charge is 0.0701 e. The minimum absolute atomic E-state index is 0.657. The molecule has 2 nitrogen and oxygen atoms in total. The lowest BCUT2D eigenvalue weighted by Gasteiger charge is -2.33. The molecule has 0 aromatic carbocycles. The number of hydrogen-bond donors (Lipinski definition) is 1. The fourth-order valence-electron chi connectivity index (χ4n) is 1.75. The van der Waals surface area contributed by atoms with Gasteiger partial charge in [-0.05, 0) is 35.0 Å². The molecular weight excluding hydrogens is 260 g/mol. The zero-order chi connectivity index (χ0) is 9.97. The zero-order valence-corrected chi connectivity index (χ0v) is 10.7. The fourth-order valence-corrected chi connectivity index (χ4v) is 3.26. The normalized spacial score (nSPS) is 24.0. The van der Waals surface area contributed by atoms with Gasteiger partial charge < -0.3 is 5.32 Å². The molecule has 1 aliphatic rings. The molecule has 1 atom stereocenters. The highest BCUT2D eigenvalue weighted by molar-refractivity contribution is 9.11. The van der Waals surface area contributed by atoms with E-state index in [-0.39, 0.29) is 0 Å². The Labute approximate surface area is 97.4 Å². The Kier molecular flexibility index (Phi) is 3.60. The third-order valence-corrected chi connectivity index (χ3v) is 4.24. The Bertz CT molecular complexity index is 300. The number of rotatable bonds is 2. The molecule has 0 saturated carbocycles. The predicted octanol–water partition coefficient (Wildman–Crippen LogP) is 2.30. The van der Waals surface area contributed by atoms with E-state index in [1.807, 2.05) is 11.3 Å². The standard InChI is InChI=1S/C10H15BrN2S/c1-8-6-12-4-5-13(8)7-9-2-3-10(11)14-9/h2-3,8,12H,4-7H2,1H3/t8-/m1/s1. The lowest BCUT2D eigenvalue weighted by atomic mass is 10.2. The summed E-state index contributed by atoms with van der Waals surface area (Å²) in [6, 6.07) is 5.00. The first-order valence-electron chi connectivity index (χ1n) is 4.94. The molecule has 1 aliphatic heterocycles. The predicted molar refractivity (Wildman–Crippen MR) is 64.8 cm³/mol. The molecular formula is C10H15BrN2S. The highest BCUT2D eigenvalue weighted by atomic mass is 79.9. The molecule has 0 radical (unpaired) electrons. The largest absolute Gasteiger partial charge is 0.314 e. The van der Waals surface area contributed by atoms with Gasteiger partial charge in [-0.15, -0.1) is 11.3 Å². The Morgan fingerprint density at radius 1 is 1.64 bits per heavy atom. The Morgan fingerprint density at radius 3 is 3.14 bits per heavy atom. The van der Waals surface area contributed by atoms with Gasteiger partial charge in [0.2, 0.25) is 0 Å². The minimum Gasteiger partial charge on any atom is -0.314 e. The van der Waals surface area contributed by atoms with Crippen molar-refractivity contribution in [1.82, 2.24) is 10.2 Å². The van der Waals surface area contributed by atoms with Crippen molar-refractivity contribution in [2.24, 2.45) is 0 Å². The van der Waals surface area contributed by atoms with Crippen LogP contribution >= 0.6 is 27.3 Å². The average molecular weight is 275 g/mol. The molecule has 1 N–H and O–H groups in total. The van der Waals surface area contributed by atoms with Crippen molar-refractivity contribution in [1.29, 1.82) is 0 Å². The molecule has 0 spiro atoms. The topological polar surface area (TPSA) is 15.3 Å². The number of hydrogen-bond acceptors (Lipinski definition) is 3. The van der Waals surface area contributed by atoms with E-state index >= 15 is 0 Å². The third kappa shape index (κ3) is 2.57. The Balaban J connectivity index is 1.95. The Morgan fingerprint density at radius 2 is 2.50 bits per heavy atom. The van der Waals surface area contributed by atoms with E-state index in [0.717, 1.165) is 26.2 Å². The van der Waals surface area contributed by atoms with Crippen LogP contribution in [0.3, 0.4) is 0 Å². The number of nitrogens with one attached hydrogen (secondary N) is 1. The fraction of sp³-hybridized carbons (Fsp3) is 0.600. The van der Waals surface area contributed by atoms with Gasteiger partial charge in [0.25, 0.3) is 0 Å². The quantitative estimate of drug-likeness (QED) is 0.891. The van der Waals surface area contributed by atoms with Crippen molar-refractivity contribution < 1.29 is 0 Å². The maximum absolute atomic E-state index is 3.50. The number of halogens is 1. The second kappa shape index (κ2) is 4.75. The second-order valence-electron chi connectivity index (χ2n) is 3.73. The number of nitrogens with zero attached hydrogens (tertiary/aromatic N) is 1. The molecule has 78 valence electrons. The van der Waals surface area contributed by atoms with Crippen molar-refractivity contribution >= 4 is 27.3 Å². The van der Waals surface area contributed by atoms with Crippen LogP contribution in [0.25, 0.3) is 0 Å². The van der Waals surface area contributed by atoms with Crippen molar-refractivity contribution in [2.75, 3.05) is 19.6 Å². The van der Waals surface area contributed by atoms with Gasteiger partial charge in [0.1, 0.15) is 0 Å². The molecule has 1 aromatic heterocycles. The summed E-state index contributed by atoms with van der Waals surface area (Å²) >= 11 is 5.34. The van der Waals surface area contributed by atoms with Gasteiger partial charge in [0.05, 0.1) is 3.79 Å². The SMILES string of the molecule is C[C@@H]1CNCCN1Cc1ccc(Br)s1. The lowest BCUT2D eigenvalue weighted by Crippen LogP contribution is -2.49. The molecule has 2 heterocycles. The van der Waals surface area contributed by atoms with Crippen LogP contribution in [0.4, 0.5) is 0 Å². The van der Waals surface area contributed by atoms with Gasteiger partial charge in [-0.25, -0.2) is 0 Å². The molecule has 0 unspecified atom stereocenters. The maximum Gasteiger partial charge on any atom is 0.0701 e. The maximum atomic E-state index is 3.50. The molecule has 1 saturated heterocycles. The van der Waals surface area contributed by atoms with Crippen LogP contribution in [0.2, 0.25) is 0 Å². The minimum atomic E-state index is 0.657. The van der Waals surface area contributed by atoms with Crippen LogP contribution in [-0.2, 0) is 6.54 Å². The third-order valence-electron chi connectivity index (χ3n) is 2.63. The van der Waals surface area contributed by atoms with Crippen LogP contribution in [0.15, 0.2) is 15.9 Å². The summed E-state index contributed by atoms with van der Waals surface area (Å²) < 4.78 is 1.23. The van der Waals surface area contributed by atoms with Gasteiger partial charge in [-0.3, -0.25) is 4.90 Å². The molecule has 0 amide bonds. The van der Waals surface area contributed by atoms with E-state index in [4.69, 9.17) is 0 Å². The highest BCUT2D eigenvalue weighted by Gasteiger charge is 2.18. The molecule has 0 bridgehead atoms. The summed E-state index contributed by atoms with van der Waals surface area (Å²) in [5.74, 6) is 0. The van der Waals surface area contributed by atoms with Crippen LogP contribution in [0.1, 0.15) is 11.8 Å². The summed E-state index contributed by atoms with van der Waals surface area (Å²) in [5.41, 5.74) is 0. The summed E-state index contributed by atoms with van der Waals surface area (Å²) in [5, 5.41) is 3.41.